The van der Waals surface area contributed by atoms with Gasteiger partial charge in [-0.1, -0.05) is 23.4 Å². The molecule has 0 unspecified atom stereocenters. The molecule has 1 aliphatic rings. The molecule has 8 nitrogen and oxygen atoms in total. The molecule has 2 N–H and O–H groups in total. The SMILES string of the molecule is C=CCO[C@@H]1C[C@@H](O)[C@@H](O)[C@@H](Cn2cc(-c3cccc(OC)c3)nn2)O1. The highest BCUT2D eigenvalue weighted by Gasteiger charge is 2.37. The van der Waals surface area contributed by atoms with E-state index in [9.17, 15) is 10.2 Å². The summed E-state index contributed by atoms with van der Waals surface area (Å²) < 4.78 is 18.0. The van der Waals surface area contributed by atoms with E-state index in [4.69, 9.17) is 14.2 Å². The van der Waals surface area contributed by atoms with Crippen LogP contribution in [0.25, 0.3) is 11.3 Å². The third-order valence-corrected chi connectivity index (χ3v) is 4.21. The van der Waals surface area contributed by atoms with Crippen LogP contribution in [-0.2, 0) is 16.0 Å². The molecule has 4 atom stereocenters. The molecule has 0 aliphatic carbocycles. The van der Waals surface area contributed by atoms with Crippen LogP contribution in [0, 0.1) is 0 Å². The standard InChI is InChI=1S/C18H23N3O5/c1-3-7-25-17-9-15(22)18(23)16(26-17)11-21-10-14(19-20-21)12-5-4-6-13(8-12)24-2/h3-6,8,10,15-18,22-23H,1,7,9,11H2,2H3/t15-,16-,17+,18-/m1/s1. The highest BCUT2D eigenvalue weighted by molar-refractivity contribution is 5.59. The van der Waals surface area contributed by atoms with Gasteiger partial charge in [0, 0.05) is 12.0 Å². The van der Waals surface area contributed by atoms with E-state index in [-0.39, 0.29) is 13.0 Å². The Labute approximate surface area is 151 Å². The van der Waals surface area contributed by atoms with Gasteiger partial charge in [-0.25, -0.2) is 4.68 Å². The maximum Gasteiger partial charge on any atom is 0.161 e. The first-order chi connectivity index (χ1) is 12.6. The van der Waals surface area contributed by atoms with E-state index in [0.717, 1.165) is 11.3 Å². The minimum Gasteiger partial charge on any atom is -0.497 e. The van der Waals surface area contributed by atoms with Gasteiger partial charge in [0.05, 0.1) is 32.6 Å². The van der Waals surface area contributed by atoms with Crippen LogP contribution in [0.5, 0.6) is 5.75 Å². The second kappa shape index (κ2) is 8.41. The topological polar surface area (TPSA) is 98.9 Å². The van der Waals surface area contributed by atoms with Crippen molar-refractivity contribution in [3.63, 3.8) is 0 Å². The maximum atomic E-state index is 10.2. The van der Waals surface area contributed by atoms with Crippen LogP contribution >= 0.6 is 0 Å². The molecule has 0 saturated carbocycles. The Bertz CT molecular complexity index is 735. The molecule has 1 saturated heterocycles. The van der Waals surface area contributed by atoms with Crippen molar-refractivity contribution < 1.29 is 24.4 Å². The monoisotopic (exact) mass is 361 g/mol. The van der Waals surface area contributed by atoms with Crippen LogP contribution in [-0.4, -0.2) is 63.5 Å². The lowest BCUT2D eigenvalue weighted by Gasteiger charge is -2.36. The smallest absolute Gasteiger partial charge is 0.161 e. The van der Waals surface area contributed by atoms with Crippen LogP contribution < -0.4 is 4.74 Å². The normalized spacial score (nSPS) is 25.8. The minimum absolute atomic E-state index is 0.206. The lowest BCUT2D eigenvalue weighted by Crippen LogP contribution is -2.50. The summed E-state index contributed by atoms with van der Waals surface area (Å²) in [5, 5.41) is 28.5. The van der Waals surface area contributed by atoms with Gasteiger partial charge in [-0.2, -0.15) is 0 Å². The molecular formula is C18H23N3O5. The largest absolute Gasteiger partial charge is 0.497 e. The van der Waals surface area contributed by atoms with Crippen molar-refractivity contribution in [3.05, 3.63) is 43.1 Å². The second-order valence-corrected chi connectivity index (χ2v) is 6.08. The van der Waals surface area contributed by atoms with Crippen molar-refractivity contribution in [2.75, 3.05) is 13.7 Å². The van der Waals surface area contributed by atoms with Gasteiger partial charge < -0.3 is 24.4 Å². The van der Waals surface area contributed by atoms with Gasteiger partial charge in [-0.15, -0.1) is 11.7 Å². The predicted molar refractivity (Wildman–Crippen MR) is 93.5 cm³/mol. The quantitative estimate of drug-likeness (QED) is 0.710. The van der Waals surface area contributed by atoms with E-state index in [1.165, 1.54) is 0 Å². The van der Waals surface area contributed by atoms with Gasteiger partial charge in [0.25, 0.3) is 0 Å². The van der Waals surface area contributed by atoms with E-state index in [0.29, 0.717) is 12.3 Å². The summed E-state index contributed by atoms with van der Waals surface area (Å²) in [6, 6.07) is 7.50. The Kier molecular flexibility index (Phi) is 6.00. The Morgan fingerprint density at radius 1 is 1.42 bits per heavy atom. The van der Waals surface area contributed by atoms with Crippen LogP contribution in [0.15, 0.2) is 43.1 Å². The van der Waals surface area contributed by atoms with Gasteiger partial charge in [-0.05, 0) is 12.1 Å². The lowest BCUT2D eigenvalue weighted by atomic mass is 10.0. The molecule has 0 amide bonds. The molecular weight excluding hydrogens is 338 g/mol. The number of hydrogen-bond donors (Lipinski definition) is 2. The molecule has 3 rings (SSSR count). The summed E-state index contributed by atoms with van der Waals surface area (Å²) >= 11 is 0. The van der Waals surface area contributed by atoms with Crippen LogP contribution in [0.3, 0.4) is 0 Å². The maximum absolute atomic E-state index is 10.2. The zero-order valence-electron chi connectivity index (χ0n) is 14.6. The molecule has 1 aliphatic heterocycles. The molecule has 2 heterocycles. The van der Waals surface area contributed by atoms with Gasteiger partial charge in [0.1, 0.15) is 23.7 Å². The summed E-state index contributed by atoms with van der Waals surface area (Å²) in [5.74, 6) is 0.730. The molecule has 26 heavy (non-hydrogen) atoms. The number of aliphatic hydroxyl groups is 2. The molecule has 0 bridgehead atoms. The predicted octanol–water partition coefficient (Wildman–Crippen LogP) is 0.993. The first-order valence-electron chi connectivity index (χ1n) is 8.39. The number of aromatic nitrogens is 3. The van der Waals surface area contributed by atoms with Crippen LogP contribution in [0.1, 0.15) is 6.42 Å². The third-order valence-electron chi connectivity index (χ3n) is 4.21. The Balaban J connectivity index is 1.69. The van der Waals surface area contributed by atoms with E-state index >= 15 is 0 Å². The number of benzene rings is 1. The van der Waals surface area contributed by atoms with Crippen molar-refractivity contribution in [3.8, 4) is 17.0 Å². The number of aliphatic hydroxyl groups excluding tert-OH is 2. The first-order valence-corrected chi connectivity index (χ1v) is 8.39. The number of methoxy groups -OCH3 is 1. The van der Waals surface area contributed by atoms with E-state index in [1.54, 1.807) is 24.1 Å². The summed E-state index contributed by atoms with van der Waals surface area (Å²) in [7, 11) is 1.61. The Morgan fingerprint density at radius 2 is 2.27 bits per heavy atom. The summed E-state index contributed by atoms with van der Waals surface area (Å²) in [4.78, 5) is 0. The Hall–Kier alpha value is -2.26. The summed E-state index contributed by atoms with van der Waals surface area (Å²) in [6.07, 6.45) is 0.357. The van der Waals surface area contributed by atoms with E-state index in [2.05, 4.69) is 16.9 Å². The van der Waals surface area contributed by atoms with Crippen molar-refractivity contribution in [2.24, 2.45) is 0 Å². The number of rotatable bonds is 7. The molecule has 1 fully saturated rings. The van der Waals surface area contributed by atoms with Crippen molar-refractivity contribution in [1.82, 2.24) is 15.0 Å². The van der Waals surface area contributed by atoms with Crippen molar-refractivity contribution >= 4 is 0 Å². The van der Waals surface area contributed by atoms with Crippen LogP contribution in [0.4, 0.5) is 0 Å². The lowest BCUT2D eigenvalue weighted by molar-refractivity contribution is -0.250. The zero-order valence-corrected chi connectivity index (χ0v) is 14.6. The molecule has 0 radical (unpaired) electrons. The van der Waals surface area contributed by atoms with Crippen molar-refractivity contribution in [2.45, 2.75) is 37.6 Å². The fourth-order valence-corrected chi connectivity index (χ4v) is 2.84. The van der Waals surface area contributed by atoms with Gasteiger partial charge in [0.2, 0.25) is 0 Å². The summed E-state index contributed by atoms with van der Waals surface area (Å²) in [5.41, 5.74) is 1.54. The van der Waals surface area contributed by atoms with E-state index in [1.807, 2.05) is 24.3 Å². The van der Waals surface area contributed by atoms with Crippen LogP contribution in [0.2, 0.25) is 0 Å². The highest BCUT2D eigenvalue weighted by Crippen LogP contribution is 2.24. The average Bonchev–Trinajstić information content (AvgIpc) is 3.12. The fourth-order valence-electron chi connectivity index (χ4n) is 2.84. The van der Waals surface area contributed by atoms with Gasteiger partial charge in [0.15, 0.2) is 6.29 Å². The first kappa shape index (κ1) is 18.5. The van der Waals surface area contributed by atoms with Gasteiger partial charge in [-0.3, -0.25) is 0 Å². The fraction of sp³-hybridized carbons (Fsp3) is 0.444. The number of hydrogen-bond acceptors (Lipinski definition) is 7. The second-order valence-electron chi connectivity index (χ2n) is 6.08. The Morgan fingerprint density at radius 3 is 3.04 bits per heavy atom. The highest BCUT2D eigenvalue weighted by atomic mass is 16.7. The zero-order chi connectivity index (χ0) is 18.5. The van der Waals surface area contributed by atoms with Gasteiger partial charge >= 0.3 is 0 Å². The average molecular weight is 361 g/mol. The number of ether oxygens (including phenoxy) is 3. The molecule has 1 aromatic carbocycles. The number of nitrogens with zero attached hydrogens (tertiary/aromatic N) is 3. The molecule has 1 aromatic heterocycles. The van der Waals surface area contributed by atoms with E-state index < -0.39 is 24.6 Å². The molecule has 2 aromatic rings. The van der Waals surface area contributed by atoms with Crippen molar-refractivity contribution in [1.29, 1.82) is 0 Å². The summed E-state index contributed by atoms with van der Waals surface area (Å²) in [6.45, 7) is 4.13. The molecule has 8 heteroatoms. The molecule has 140 valence electrons. The molecule has 0 spiro atoms. The minimum atomic E-state index is -1.02. The third kappa shape index (κ3) is 4.28.